The number of hydrogen-bond donors (Lipinski definition) is 0. The largest absolute Gasteiger partial charge is 0.671 e. The van der Waals surface area contributed by atoms with Crippen LogP contribution in [0.25, 0.3) is 27.5 Å². The molecule has 1 atom stereocenters. The van der Waals surface area contributed by atoms with E-state index in [9.17, 15) is 0 Å². The van der Waals surface area contributed by atoms with Gasteiger partial charge in [0.2, 0.25) is 0 Å². The van der Waals surface area contributed by atoms with E-state index in [0.717, 1.165) is 17.2 Å². The number of fused-ring (bicyclic) bond motifs is 1. The average Bonchev–Trinajstić information content (AvgIpc) is 3.50. The maximum atomic E-state index is 5.87. The molecule has 0 saturated carbocycles. The van der Waals surface area contributed by atoms with E-state index in [-0.39, 0.29) is 54.2 Å². The van der Waals surface area contributed by atoms with Crippen LogP contribution in [0, 0.1) is 29.2 Å². The van der Waals surface area contributed by atoms with Crippen LogP contribution in [0.15, 0.2) is 60.8 Å². The molecule has 5 aromatic rings. The van der Waals surface area contributed by atoms with Crippen molar-refractivity contribution in [2.24, 2.45) is 14.1 Å². The SMILES string of the molecule is Cc1c(-c2cn(C)c(C([N-]c3c(C(C)C)cccc3C(C)C)c3c(C(C)C)cc(C(C)C)cc3C(C)C)n2)c2ccccc2n1C.[CH3-].[CH3-].[CH3-].[Hf]. The molecule has 0 amide bonds. The monoisotopic (exact) mass is 840 g/mol. The molecule has 5 rings (SSSR count). The van der Waals surface area contributed by atoms with Crippen molar-refractivity contribution >= 4 is 16.6 Å². The Morgan fingerprint density at radius 2 is 1.14 bits per heavy atom. The van der Waals surface area contributed by atoms with Crippen LogP contribution in [0.2, 0.25) is 0 Å². The van der Waals surface area contributed by atoms with Crippen LogP contribution in [-0.4, -0.2) is 14.1 Å². The number of rotatable bonds is 10. The topological polar surface area (TPSA) is 36.9 Å². The molecule has 0 saturated heterocycles. The zero-order valence-electron chi connectivity index (χ0n) is 34.0. The third-order valence-corrected chi connectivity index (χ3v) is 9.86. The molecule has 3 aromatic carbocycles. The first-order valence-corrected chi connectivity index (χ1v) is 17.3. The predicted molar refractivity (Wildman–Crippen MR) is 217 cm³/mol. The van der Waals surface area contributed by atoms with E-state index in [1.807, 2.05) is 0 Å². The van der Waals surface area contributed by atoms with Crippen molar-refractivity contribution in [3.8, 4) is 11.3 Å². The van der Waals surface area contributed by atoms with Gasteiger partial charge in [-0.05, 0) is 70.9 Å². The van der Waals surface area contributed by atoms with Gasteiger partial charge in [-0.1, -0.05) is 129 Å². The summed E-state index contributed by atoms with van der Waals surface area (Å²) in [5.41, 5.74) is 13.8. The summed E-state index contributed by atoms with van der Waals surface area (Å²) in [7, 11) is 4.30. The van der Waals surface area contributed by atoms with Gasteiger partial charge in [0.25, 0.3) is 0 Å². The molecule has 0 aliphatic carbocycles. The van der Waals surface area contributed by atoms with Crippen molar-refractivity contribution in [1.29, 1.82) is 0 Å². The maximum Gasteiger partial charge on any atom is 0.0984 e. The fraction of sp³-hybridized carbons (Fsp3) is 0.422. The van der Waals surface area contributed by atoms with Gasteiger partial charge in [0, 0.05) is 68.3 Å². The number of hydrogen-bond acceptors (Lipinski definition) is 1. The molecule has 0 spiro atoms. The Kier molecular flexibility index (Phi) is 16.3. The van der Waals surface area contributed by atoms with Crippen LogP contribution in [-0.2, 0) is 39.9 Å². The van der Waals surface area contributed by atoms with E-state index in [4.69, 9.17) is 10.3 Å². The summed E-state index contributed by atoms with van der Waals surface area (Å²) in [5, 5.41) is 7.11. The van der Waals surface area contributed by atoms with E-state index < -0.39 is 0 Å². The smallest absolute Gasteiger partial charge is 0.0984 e. The van der Waals surface area contributed by atoms with Crippen molar-refractivity contribution in [3.05, 3.63) is 133 Å². The molecule has 0 fully saturated rings. The third kappa shape index (κ3) is 8.41. The second-order valence-corrected chi connectivity index (χ2v) is 14.8. The first kappa shape index (κ1) is 45.1. The van der Waals surface area contributed by atoms with E-state index in [0.29, 0.717) is 29.6 Å². The number of benzene rings is 3. The number of aromatic nitrogens is 3. The Morgan fingerprint density at radius 3 is 1.62 bits per heavy atom. The minimum Gasteiger partial charge on any atom is -0.671 e. The van der Waals surface area contributed by atoms with Crippen LogP contribution in [0.5, 0.6) is 0 Å². The van der Waals surface area contributed by atoms with Gasteiger partial charge in [0.1, 0.15) is 0 Å². The Labute approximate surface area is 325 Å². The first-order valence-electron chi connectivity index (χ1n) is 17.3. The van der Waals surface area contributed by atoms with Crippen molar-refractivity contribution in [2.45, 2.75) is 112 Å². The van der Waals surface area contributed by atoms with Crippen LogP contribution >= 0.6 is 0 Å². The minimum absolute atomic E-state index is 0. The molecule has 0 aliphatic heterocycles. The number of nitrogens with zero attached hydrogens (tertiary/aromatic N) is 4. The zero-order chi connectivity index (χ0) is 33.6. The summed E-state index contributed by atoms with van der Waals surface area (Å²) < 4.78 is 4.52. The molecule has 0 N–H and O–H groups in total. The number of imidazole rings is 1. The van der Waals surface area contributed by atoms with Gasteiger partial charge in [-0.15, -0.1) is 5.69 Å². The fourth-order valence-electron chi connectivity index (χ4n) is 7.07. The van der Waals surface area contributed by atoms with Gasteiger partial charge in [0.05, 0.1) is 11.5 Å². The molecular weight excluding hydrogens is 775 g/mol. The standard InChI is InChI=1S/C42H55N4.3CH3.Hf/c1-24(2)30-21-34(27(7)8)39(35(22-30)28(9)10)41(44-40-31(25(3)4)18-16-19-32(40)26(5)6)42-43-36(23-45(42)12)38-29(11)46(13)37-20-15-14-17-33(37)38;;;;/h14-28,41H,1-13H3;3*1H3;/q4*-1;. The van der Waals surface area contributed by atoms with Crippen LogP contribution in [0.4, 0.5) is 5.69 Å². The van der Waals surface area contributed by atoms with Gasteiger partial charge < -0.3 is 36.7 Å². The molecule has 50 heavy (non-hydrogen) atoms. The summed E-state index contributed by atoms with van der Waals surface area (Å²) in [6.07, 6.45) is 2.22. The Hall–Kier alpha value is -2.92. The second-order valence-electron chi connectivity index (χ2n) is 14.8. The van der Waals surface area contributed by atoms with E-state index >= 15 is 0 Å². The summed E-state index contributed by atoms with van der Waals surface area (Å²) in [6.45, 7) is 25.3. The molecule has 2 aromatic heterocycles. The van der Waals surface area contributed by atoms with Crippen molar-refractivity contribution in [2.75, 3.05) is 0 Å². The van der Waals surface area contributed by atoms with Crippen molar-refractivity contribution in [3.63, 3.8) is 0 Å². The van der Waals surface area contributed by atoms with Gasteiger partial charge in [-0.25, -0.2) is 4.98 Å². The molecule has 272 valence electrons. The summed E-state index contributed by atoms with van der Waals surface area (Å²) in [6, 6.07) is 20.1. The predicted octanol–water partition coefficient (Wildman–Crippen LogP) is 13.6. The Bertz CT molecular complexity index is 1800. The minimum atomic E-state index is -0.262. The van der Waals surface area contributed by atoms with E-state index in [1.54, 1.807) is 0 Å². The Morgan fingerprint density at radius 1 is 0.640 bits per heavy atom. The normalized spacial score (nSPS) is 11.9. The summed E-state index contributed by atoms with van der Waals surface area (Å²) in [5.74, 6) is 2.82. The average molecular weight is 840 g/mol. The van der Waals surface area contributed by atoms with Crippen LogP contribution in [0.3, 0.4) is 0 Å². The number of para-hydroxylation sites is 2. The van der Waals surface area contributed by atoms with Gasteiger partial charge >= 0.3 is 0 Å². The van der Waals surface area contributed by atoms with Gasteiger partial charge in [-0.2, -0.15) is 0 Å². The van der Waals surface area contributed by atoms with Gasteiger partial charge in [-0.3, -0.25) is 0 Å². The molecule has 1 unspecified atom stereocenters. The zero-order valence-corrected chi connectivity index (χ0v) is 37.6. The maximum absolute atomic E-state index is 5.87. The molecule has 4 nitrogen and oxygen atoms in total. The van der Waals surface area contributed by atoms with Gasteiger partial charge in [0.15, 0.2) is 0 Å². The van der Waals surface area contributed by atoms with E-state index in [1.165, 1.54) is 55.5 Å². The molecular formula is C45H64HfN4-4. The molecule has 2 heterocycles. The van der Waals surface area contributed by atoms with Crippen LogP contribution in [0.1, 0.15) is 150 Å². The van der Waals surface area contributed by atoms with Crippen molar-refractivity contribution < 1.29 is 25.8 Å². The Balaban J connectivity index is 0.00000312. The van der Waals surface area contributed by atoms with Crippen molar-refractivity contribution in [1.82, 2.24) is 14.1 Å². The molecule has 0 bridgehead atoms. The second kappa shape index (κ2) is 18.0. The summed E-state index contributed by atoms with van der Waals surface area (Å²) >= 11 is 0. The van der Waals surface area contributed by atoms with Crippen LogP contribution < -0.4 is 0 Å². The first-order chi connectivity index (χ1) is 21.7. The fourth-order valence-corrected chi connectivity index (χ4v) is 7.07. The quantitative estimate of drug-likeness (QED) is 0.102. The number of aryl methyl sites for hydroxylation is 2. The third-order valence-electron chi connectivity index (χ3n) is 9.86. The van der Waals surface area contributed by atoms with E-state index in [2.05, 4.69) is 160 Å². The molecule has 5 heteroatoms. The molecule has 0 radical (unpaired) electrons. The molecule has 0 aliphatic rings. The summed E-state index contributed by atoms with van der Waals surface area (Å²) in [4.78, 5) is 5.54.